The molecule has 3 rings (SSSR count). The number of rotatable bonds is 6. The second-order valence-electron chi connectivity index (χ2n) is 8.54. The standard InChI is InChI=1S/C22H26F3N3O5S/c1-13-19(14(2)29)21(22(23,24)25,20(31)28(13)17-7-5-4-6-8-17)27-34(32,33)18-11-9-16(10-12-18)26-15(3)30/h9-12,17,27H,4-8H2,1-3H3,(H,26,30)/t21-/m1/s1. The van der Waals surface area contributed by atoms with Crippen LogP contribution < -0.4 is 10.0 Å². The maximum absolute atomic E-state index is 14.6. The van der Waals surface area contributed by atoms with Crippen molar-refractivity contribution in [2.45, 2.75) is 75.5 Å². The van der Waals surface area contributed by atoms with Crippen LogP contribution in [0, 0.1) is 0 Å². The summed E-state index contributed by atoms with van der Waals surface area (Å²) in [5.41, 5.74) is -4.62. The van der Waals surface area contributed by atoms with Crippen LogP contribution in [0.2, 0.25) is 0 Å². The first kappa shape index (κ1) is 25.9. The Kier molecular flexibility index (Phi) is 6.96. The van der Waals surface area contributed by atoms with E-state index in [0.29, 0.717) is 25.7 Å². The number of Topliss-reactive ketones (excluding diaryl/α,β-unsaturated/α-hetero) is 1. The van der Waals surface area contributed by atoms with Crippen LogP contribution in [0.15, 0.2) is 40.4 Å². The molecular weight excluding hydrogens is 475 g/mol. The molecule has 1 aromatic rings. The molecule has 0 unspecified atom stereocenters. The number of benzene rings is 1. The molecule has 2 N–H and O–H groups in total. The van der Waals surface area contributed by atoms with Crippen LogP contribution in [0.4, 0.5) is 18.9 Å². The third-order valence-electron chi connectivity index (χ3n) is 6.13. The Morgan fingerprint density at radius 1 is 1.06 bits per heavy atom. The molecule has 186 valence electrons. The van der Waals surface area contributed by atoms with Crippen molar-refractivity contribution in [3.8, 4) is 0 Å². The van der Waals surface area contributed by atoms with Crippen molar-refractivity contribution < 1.29 is 36.0 Å². The number of nitrogens with zero attached hydrogens (tertiary/aromatic N) is 1. The smallest absolute Gasteiger partial charge is 0.326 e. The number of hydrogen-bond donors (Lipinski definition) is 2. The largest absolute Gasteiger partial charge is 0.421 e. The fourth-order valence-electron chi connectivity index (χ4n) is 4.73. The van der Waals surface area contributed by atoms with Crippen molar-refractivity contribution in [3.05, 3.63) is 35.5 Å². The average molecular weight is 502 g/mol. The van der Waals surface area contributed by atoms with Crippen LogP contribution in [0.1, 0.15) is 52.9 Å². The summed E-state index contributed by atoms with van der Waals surface area (Å²) in [6, 6.07) is 3.85. The quantitative estimate of drug-likeness (QED) is 0.621. The molecule has 0 radical (unpaired) electrons. The second kappa shape index (κ2) is 9.14. The van der Waals surface area contributed by atoms with E-state index in [-0.39, 0.29) is 11.4 Å². The van der Waals surface area contributed by atoms with Gasteiger partial charge >= 0.3 is 6.18 Å². The van der Waals surface area contributed by atoms with Crippen molar-refractivity contribution in [1.29, 1.82) is 0 Å². The zero-order valence-corrected chi connectivity index (χ0v) is 19.8. The fourth-order valence-corrected chi connectivity index (χ4v) is 6.05. The molecule has 1 heterocycles. The first-order chi connectivity index (χ1) is 15.7. The minimum Gasteiger partial charge on any atom is -0.326 e. The SMILES string of the molecule is CC(=O)Nc1ccc(S(=O)(=O)N[C@@]2(C(F)(F)F)C(=O)N(C3CCCCC3)C(C)=C2C(C)=O)cc1. The van der Waals surface area contributed by atoms with Crippen molar-refractivity contribution >= 4 is 33.3 Å². The number of carbonyl (C=O) groups excluding carboxylic acids is 3. The molecule has 1 saturated carbocycles. The van der Waals surface area contributed by atoms with Crippen LogP contribution in [0.25, 0.3) is 0 Å². The van der Waals surface area contributed by atoms with Crippen molar-refractivity contribution in [1.82, 2.24) is 9.62 Å². The Morgan fingerprint density at radius 2 is 1.62 bits per heavy atom. The van der Waals surface area contributed by atoms with Gasteiger partial charge in [-0.15, -0.1) is 0 Å². The molecular formula is C22H26F3N3O5S. The molecule has 2 aliphatic rings. The van der Waals surface area contributed by atoms with E-state index in [9.17, 15) is 36.0 Å². The van der Waals surface area contributed by atoms with Gasteiger partial charge in [0.1, 0.15) is 0 Å². The number of halogens is 3. The molecule has 1 atom stereocenters. The number of anilines is 1. The Morgan fingerprint density at radius 3 is 2.09 bits per heavy atom. The number of hydrogen-bond acceptors (Lipinski definition) is 5. The second-order valence-corrected chi connectivity index (χ2v) is 10.2. The van der Waals surface area contributed by atoms with Crippen molar-refractivity contribution in [2.24, 2.45) is 0 Å². The summed E-state index contributed by atoms with van der Waals surface area (Å²) in [6.07, 6.45) is -2.21. The van der Waals surface area contributed by atoms with E-state index in [1.165, 1.54) is 26.0 Å². The molecule has 1 aliphatic heterocycles. The molecule has 0 saturated heterocycles. The first-order valence-electron chi connectivity index (χ1n) is 10.8. The van der Waals surface area contributed by atoms with E-state index in [1.807, 2.05) is 0 Å². The lowest BCUT2D eigenvalue weighted by atomic mass is 9.88. The van der Waals surface area contributed by atoms with Gasteiger partial charge in [0.05, 0.1) is 10.5 Å². The predicted octanol–water partition coefficient (Wildman–Crippen LogP) is 3.26. The summed E-state index contributed by atoms with van der Waals surface area (Å²) in [5, 5.41) is 2.42. The minimum atomic E-state index is -5.43. The van der Waals surface area contributed by atoms with E-state index in [4.69, 9.17) is 0 Å². The molecule has 0 bridgehead atoms. The Hall–Kier alpha value is -2.73. The van der Waals surface area contributed by atoms with Gasteiger partial charge in [-0.3, -0.25) is 14.4 Å². The van der Waals surface area contributed by atoms with E-state index in [2.05, 4.69) is 5.32 Å². The summed E-state index contributed by atoms with van der Waals surface area (Å²) in [4.78, 5) is 37.4. The normalized spacial score (nSPS) is 22.3. The number of amides is 2. The number of allylic oxidation sites excluding steroid dienone is 1. The van der Waals surface area contributed by atoms with Crippen LogP contribution in [0.5, 0.6) is 0 Å². The third-order valence-corrected chi connectivity index (χ3v) is 7.59. The van der Waals surface area contributed by atoms with Gasteiger partial charge in [0, 0.05) is 24.4 Å². The average Bonchev–Trinajstić information content (AvgIpc) is 2.95. The first-order valence-corrected chi connectivity index (χ1v) is 12.2. The van der Waals surface area contributed by atoms with Crippen LogP contribution in [-0.2, 0) is 24.4 Å². The van der Waals surface area contributed by atoms with Gasteiger partial charge in [0.2, 0.25) is 21.5 Å². The van der Waals surface area contributed by atoms with Gasteiger partial charge in [-0.05, 0) is 51.0 Å². The topological polar surface area (TPSA) is 113 Å². The van der Waals surface area contributed by atoms with Crippen molar-refractivity contribution in [2.75, 3.05) is 5.32 Å². The summed E-state index contributed by atoms with van der Waals surface area (Å²) in [5.74, 6) is -2.99. The van der Waals surface area contributed by atoms with Crippen LogP contribution in [-0.4, -0.2) is 48.7 Å². The third kappa shape index (κ3) is 4.48. The highest BCUT2D eigenvalue weighted by molar-refractivity contribution is 7.89. The number of alkyl halides is 3. The van der Waals surface area contributed by atoms with Gasteiger partial charge < -0.3 is 10.2 Å². The molecule has 12 heteroatoms. The Bertz CT molecular complexity index is 1140. The Balaban J connectivity index is 2.11. The van der Waals surface area contributed by atoms with E-state index in [1.54, 1.807) is 4.72 Å². The lowest BCUT2D eigenvalue weighted by molar-refractivity contribution is -0.189. The van der Waals surface area contributed by atoms with Gasteiger partial charge in [0.25, 0.3) is 5.91 Å². The van der Waals surface area contributed by atoms with Gasteiger partial charge in [-0.1, -0.05) is 19.3 Å². The van der Waals surface area contributed by atoms with Gasteiger partial charge in [-0.2, -0.15) is 17.9 Å². The molecule has 1 fully saturated rings. The molecule has 1 aromatic carbocycles. The van der Waals surface area contributed by atoms with Crippen molar-refractivity contribution in [3.63, 3.8) is 0 Å². The monoisotopic (exact) mass is 501 g/mol. The Labute approximate surface area is 195 Å². The zero-order chi connectivity index (χ0) is 25.5. The number of sulfonamides is 1. The maximum atomic E-state index is 14.6. The predicted molar refractivity (Wildman–Crippen MR) is 117 cm³/mol. The molecule has 2 amide bonds. The molecule has 1 aliphatic carbocycles. The summed E-state index contributed by atoms with van der Waals surface area (Å²) >= 11 is 0. The summed E-state index contributed by atoms with van der Waals surface area (Å²) < 4.78 is 71.6. The number of nitrogens with one attached hydrogen (secondary N) is 2. The van der Waals surface area contributed by atoms with E-state index >= 15 is 0 Å². The molecule has 0 spiro atoms. The molecule has 8 nitrogen and oxygen atoms in total. The van der Waals surface area contributed by atoms with E-state index < -0.39 is 55.8 Å². The zero-order valence-electron chi connectivity index (χ0n) is 19.0. The van der Waals surface area contributed by atoms with E-state index in [0.717, 1.165) is 30.4 Å². The van der Waals surface area contributed by atoms with Gasteiger partial charge in [0.15, 0.2) is 5.78 Å². The lowest BCUT2D eigenvalue weighted by Crippen LogP contribution is -2.66. The highest BCUT2D eigenvalue weighted by Gasteiger charge is 2.71. The minimum absolute atomic E-state index is 0.189. The lowest BCUT2D eigenvalue weighted by Gasteiger charge is -2.36. The van der Waals surface area contributed by atoms with Gasteiger partial charge in [-0.25, -0.2) is 8.42 Å². The highest BCUT2D eigenvalue weighted by Crippen LogP contribution is 2.47. The highest BCUT2D eigenvalue weighted by atomic mass is 32.2. The molecule has 34 heavy (non-hydrogen) atoms. The summed E-state index contributed by atoms with van der Waals surface area (Å²) in [7, 11) is -4.92. The number of ketones is 1. The number of carbonyl (C=O) groups is 3. The van der Waals surface area contributed by atoms with Crippen LogP contribution >= 0.6 is 0 Å². The fraction of sp³-hybridized carbons (Fsp3) is 0.500. The summed E-state index contributed by atoms with van der Waals surface area (Å²) in [6.45, 7) is 3.36. The maximum Gasteiger partial charge on any atom is 0.421 e. The van der Waals surface area contributed by atoms with Crippen LogP contribution in [0.3, 0.4) is 0 Å². The molecule has 0 aromatic heterocycles.